The summed E-state index contributed by atoms with van der Waals surface area (Å²) in [6, 6.07) is 14.0. The molecule has 0 unspecified atom stereocenters. The fourth-order valence-electron chi connectivity index (χ4n) is 4.28. The van der Waals surface area contributed by atoms with Gasteiger partial charge in [-0.1, -0.05) is 36.0 Å². The Bertz CT molecular complexity index is 1940. The number of sulfonamides is 2. The highest BCUT2D eigenvalue weighted by Crippen LogP contribution is 2.21. The van der Waals surface area contributed by atoms with Gasteiger partial charge >= 0.3 is 0 Å². The molecule has 6 N–H and O–H groups in total. The number of nitrogens with one attached hydrogen (secondary N) is 2. The maximum atomic E-state index is 13.2. The molecule has 2 heterocycles. The van der Waals surface area contributed by atoms with Gasteiger partial charge in [-0.3, -0.25) is 19.0 Å². The Balaban J connectivity index is 1.26. The number of carbonyl (C=O) groups excluding carboxylic acids is 2. The number of thiophene rings is 1. The summed E-state index contributed by atoms with van der Waals surface area (Å²) in [5, 5.41) is 18.0. The second-order valence-corrected chi connectivity index (χ2v) is 14.9. The van der Waals surface area contributed by atoms with Crippen molar-refractivity contribution in [3.63, 3.8) is 0 Å². The lowest BCUT2D eigenvalue weighted by atomic mass is 10.1. The van der Waals surface area contributed by atoms with Crippen LogP contribution in [0.3, 0.4) is 0 Å². The molecule has 2 aromatic carbocycles. The standard InChI is InChI=1S/C28H32N6O7S4/c29-44(38,39)21-7-3-19(4-8-21)11-14-31-24(35)2-1-16-34-27(37)26-23(13-17-42-26)33-28(34)43-18-25(36)32-15-12-20-5-9-22(10-6-20)45(30,40)41/h3-10,13,17H,1-2,11-12,14-16,18H2,(H,31,35)(H,32,36)(H2,29,38,39)(H2,30,40,41). The molecule has 0 bridgehead atoms. The number of aromatic nitrogens is 2. The number of hydrogen-bond donors (Lipinski definition) is 4. The summed E-state index contributed by atoms with van der Waals surface area (Å²) < 4.78 is 47.5. The molecule has 4 rings (SSSR count). The first-order valence-corrected chi connectivity index (χ1v) is 18.6. The average Bonchev–Trinajstić information content (AvgIpc) is 3.46. The molecule has 17 heteroatoms. The third kappa shape index (κ3) is 9.94. The highest BCUT2D eigenvalue weighted by molar-refractivity contribution is 7.99. The van der Waals surface area contributed by atoms with E-state index in [1.165, 1.54) is 40.2 Å². The van der Waals surface area contributed by atoms with E-state index in [-0.39, 0.29) is 45.9 Å². The summed E-state index contributed by atoms with van der Waals surface area (Å²) in [7, 11) is -7.54. The lowest BCUT2D eigenvalue weighted by Gasteiger charge is -2.12. The van der Waals surface area contributed by atoms with Crippen molar-refractivity contribution in [1.82, 2.24) is 20.2 Å². The zero-order valence-corrected chi connectivity index (χ0v) is 27.2. The molecule has 0 saturated carbocycles. The molecule has 240 valence electrons. The largest absolute Gasteiger partial charge is 0.356 e. The van der Waals surface area contributed by atoms with Crippen LogP contribution in [0.15, 0.2) is 79.7 Å². The molecule has 0 aliphatic rings. The van der Waals surface area contributed by atoms with Gasteiger partial charge in [0.15, 0.2) is 5.16 Å². The molecule has 13 nitrogen and oxygen atoms in total. The Hall–Kier alpha value is -3.61. The van der Waals surface area contributed by atoms with E-state index in [1.54, 1.807) is 35.7 Å². The predicted molar refractivity (Wildman–Crippen MR) is 173 cm³/mol. The Labute approximate surface area is 268 Å². The van der Waals surface area contributed by atoms with Gasteiger partial charge in [0.25, 0.3) is 5.56 Å². The molecule has 2 aromatic heterocycles. The molecular weight excluding hydrogens is 661 g/mol. The van der Waals surface area contributed by atoms with Gasteiger partial charge in [0.1, 0.15) is 4.70 Å². The second-order valence-electron chi connectivity index (χ2n) is 9.96. The van der Waals surface area contributed by atoms with Gasteiger partial charge in [-0.05, 0) is 66.1 Å². The first-order valence-electron chi connectivity index (χ1n) is 13.7. The molecule has 4 aromatic rings. The van der Waals surface area contributed by atoms with Crippen molar-refractivity contribution in [3.05, 3.63) is 81.5 Å². The zero-order valence-electron chi connectivity index (χ0n) is 24.0. The normalized spacial score (nSPS) is 11.9. The summed E-state index contributed by atoms with van der Waals surface area (Å²) >= 11 is 2.41. The quantitative estimate of drug-likeness (QED) is 0.104. The Kier molecular flexibility index (Phi) is 11.5. The number of benzene rings is 2. The monoisotopic (exact) mass is 692 g/mol. The average molecular weight is 693 g/mol. The molecule has 0 saturated heterocycles. The first kappa shape index (κ1) is 34.3. The lowest BCUT2D eigenvalue weighted by Crippen LogP contribution is -2.29. The van der Waals surface area contributed by atoms with Gasteiger partial charge < -0.3 is 10.6 Å². The topological polar surface area (TPSA) is 213 Å². The van der Waals surface area contributed by atoms with Gasteiger partial charge in [-0.15, -0.1) is 11.3 Å². The molecule has 0 aliphatic carbocycles. The third-order valence-electron chi connectivity index (χ3n) is 6.62. The number of fused-ring (bicyclic) bond motifs is 1. The molecule has 0 atom stereocenters. The van der Waals surface area contributed by atoms with E-state index in [4.69, 9.17) is 10.3 Å². The molecule has 0 aliphatic heterocycles. The molecular formula is C28H32N6O7S4. The summed E-state index contributed by atoms with van der Waals surface area (Å²) in [5.74, 6) is -0.432. The Morgan fingerprint density at radius 2 is 1.36 bits per heavy atom. The van der Waals surface area contributed by atoms with Crippen LogP contribution >= 0.6 is 23.1 Å². The SMILES string of the molecule is NS(=O)(=O)c1ccc(CCNC(=O)CCCn2c(SCC(=O)NCCc3ccc(S(N)(=O)=O)cc3)nc3ccsc3c2=O)cc1. The zero-order chi connectivity index (χ0) is 32.6. The highest BCUT2D eigenvalue weighted by atomic mass is 32.2. The number of hydrogen-bond acceptors (Lipinski definition) is 10. The van der Waals surface area contributed by atoms with Gasteiger partial charge in [0.05, 0.1) is 21.1 Å². The maximum absolute atomic E-state index is 13.2. The number of nitrogens with zero attached hydrogens (tertiary/aromatic N) is 2. The Morgan fingerprint density at radius 3 is 1.89 bits per heavy atom. The van der Waals surface area contributed by atoms with Crippen LogP contribution in [0.5, 0.6) is 0 Å². The van der Waals surface area contributed by atoms with Crippen LogP contribution in [0.2, 0.25) is 0 Å². The second kappa shape index (κ2) is 15.1. The Morgan fingerprint density at radius 1 is 0.822 bits per heavy atom. The lowest BCUT2D eigenvalue weighted by molar-refractivity contribution is -0.121. The third-order valence-corrected chi connectivity index (χ3v) is 10.4. The van der Waals surface area contributed by atoms with E-state index in [0.29, 0.717) is 47.7 Å². The minimum Gasteiger partial charge on any atom is -0.356 e. The molecule has 2 amide bonds. The van der Waals surface area contributed by atoms with Crippen molar-refractivity contribution in [2.24, 2.45) is 10.3 Å². The van der Waals surface area contributed by atoms with Crippen molar-refractivity contribution < 1.29 is 26.4 Å². The van der Waals surface area contributed by atoms with Crippen LogP contribution in [-0.2, 0) is 49.0 Å². The van der Waals surface area contributed by atoms with E-state index in [9.17, 15) is 31.2 Å². The molecule has 0 radical (unpaired) electrons. The summed E-state index contributed by atoms with van der Waals surface area (Å²) in [6.07, 6.45) is 1.53. The molecule has 0 spiro atoms. The van der Waals surface area contributed by atoms with Crippen molar-refractivity contribution in [1.29, 1.82) is 0 Å². The van der Waals surface area contributed by atoms with Crippen molar-refractivity contribution in [2.75, 3.05) is 18.8 Å². The number of carbonyl (C=O) groups is 2. The van der Waals surface area contributed by atoms with Crippen LogP contribution in [0.4, 0.5) is 0 Å². The summed E-state index contributed by atoms with van der Waals surface area (Å²) in [5.41, 5.74) is 1.98. The van der Waals surface area contributed by atoms with Crippen LogP contribution in [0.25, 0.3) is 10.2 Å². The van der Waals surface area contributed by atoms with E-state index in [2.05, 4.69) is 15.6 Å². The van der Waals surface area contributed by atoms with E-state index in [1.807, 2.05) is 0 Å². The van der Waals surface area contributed by atoms with Gasteiger partial charge in [0, 0.05) is 26.1 Å². The minimum atomic E-state index is -3.77. The fraction of sp³-hybridized carbons (Fsp3) is 0.286. The predicted octanol–water partition coefficient (Wildman–Crippen LogP) is 1.34. The number of thioether (sulfide) groups is 1. The van der Waals surface area contributed by atoms with Crippen LogP contribution in [0, 0.1) is 0 Å². The fourth-order valence-corrected chi connectivity index (χ4v) is 6.95. The summed E-state index contributed by atoms with van der Waals surface area (Å²) in [6.45, 7) is 0.919. The smallest absolute Gasteiger partial charge is 0.272 e. The molecule has 45 heavy (non-hydrogen) atoms. The number of rotatable bonds is 15. The highest BCUT2D eigenvalue weighted by Gasteiger charge is 2.15. The number of amides is 2. The van der Waals surface area contributed by atoms with E-state index >= 15 is 0 Å². The first-order chi connectivity index (χ1) is 21.3. The number of primary sulfonamides is 2. The van der Waals surface area contributed by atoms with Crippen LogP contribution in [0.1, 0.15) is 24.0 Å². The van der Waals surface area contributed by atoms with Crippen molar-refractivity contribution >= 4 is 65.2 Å². The van der Waals surface area contributed by atoms with Crippen molar-refractivity contribution in [3.8, 4) is 0 Å². The van der Waals surface area contributed by atoms with E-state index in [0.717, 1.165) is 22.9 Å². The van der Waals surface area contributed by atoms with Gasteiger partial charge in [-0.25, -0.2) is 32.1 Å². The van der Waals surface area contributed by atoms with E-state index < -0.39 is 20.0 Å². The van der Waals surface area contributed by atoms with Crippen molar-refractivity contribution in [2.45, 2.75) is 47.2 Å². The van der Waals surface area contributed by atoms with Crippen LogP contribution < -0.4 is 26.5 Å². The minimum absolute atomic E-state index is 0.0149. The van der Waals surface area contributed by atoms with Crippen LogP contribution in [-0.4, -0.2) is 57.0 Å². The van der Waals surface area contributed by atoms with Gasteiger partial charge in [0.2, 0.25) is 31.9 Å². The maximum Gasteiger partial charge on any atom is 0.272 e. The van der Waals surface area contributed by atoms with Gasteiger partial charge in [-0.2, -0.15) is 0 Å². The number of nitrogens with two attached hydrogens (primary N) is 2. The summed E-state index contributed by atoms with van der Waals surface area (Å²) in [4.78, 5) is 42.8. The molecule has 0 fully saturated rings.